The molecule has 1 aromatic heterocycles. The van der Waals surface area contributed by atoms with Crippen molar-refractivity contribution in [3.05, 3.63) is 15.9 Å². The molecule has 1 heterocycles. The minimum Gasteiger partial charge on any atom is -0.352 e. The third-order valence-corrected chi connectivity index (χ3v) is 6.85. The Morgan fingerprint density at radius 2 is 2.00 bits per heavy atom. The van der Waals surface area contributed by atoms with Crippen LogP contribution in [0.3, 0.4) is 0 Å². The summed E-state index contributed by atoms with van der Waals surface area (Å²) in [6, 6.07) is -0.764. The SMILES string of the molecule is Cc1c(Br)c(C(F)(F)F)nn1C(C)C(=O)NC(C)C1CC2CCC1C2. The molecule has 0 aliphatic heterocycles. The normalized spacial score (nSPS) is 28.2. The predicted octanol–water partition coefficient (Wildman–Crippen LogP) is 4.47. The van der Waals surface area contributed by atoms with E-state index in [2.05, 4.69) is 26.3 Å². The largest absolute Gasteiger partial charge is 0.436 e. The molecule has 25 heavy (non-hydrogen) atoms. The van der Waals surface area contributed by atoms with Gasteiger partial charge in [0.2, 0.25) is 5.91 Å². The highest BCUT2D eigenvalue weighted by molar-refractivity contribution is 9.10. The molecule has 0 aromatic carbocycles. The first-order chi connectivity index (χ1) is 11.6. The molecule has 1 amide bonds. The summed E-state index contributed by atoms with van der Waals surface area (Å²) in [7, 11) is 0. The van der Waals surface area contributed by atoms with Crippen molar-refractivity contribution in [3.63, 3.8) is 0 Å². The van der Waals surface area contributed by atoms with Crippen molar-refractivity contribution in [3.8, 4) is 0 Å². The fourth-order valence-electron chi connectivity index (χ4n) is 4.53. The summed E-state index contributed by atoms with van der Waals surface area (Å²) in [5, 5.41) is 6.63. The molecule has 2 saturated carbocycles. The first-order valence-electron chi connectivity index (χ1n) is 8.71. The van der Waals surface area contributed by atoms with Crippen LogP contribution in [0.2, 0.25) is 0 Å². The summed E-state index contributed by atoms with van der Waals surface area (Å²) in [5.74, 6) is 1.65. The third kappa shape index (κ3) is 3.46. The number of nitrogens with zero attached hydrogens (tertiary/aromatic N) is 2. The fourth-order valence-corrected chi connectivity index (χ4v) is 5.01. The zero-order valence-electron chi connectivity index (χ0n) is 14.5. The van der Waals surface area contributed by atoms with Crippen molar-refractivity contribution in [2.45, 2.75) is 64.7 Å². The molecule has 1 N–H and O–H groups in total. The average molecular weight is 422 g/mol. The van der Waals surface area contributed by atoms with Crippen LogP contribution in [0.25, 0.3) is 0 Å². The van der Waals surface area contributed by atoms with E-state index in [1.54, 1.807) is 6.92 Å². The molecule has 2 fully saturated rings. The highest BCUT2D eigenvalue weighted by Crippen LogP contribution is 2.49. The van der Waals surface area contributed by atoms with E-state index in [4.69, 9.17) is 0 Å². The maximum atomic E-state index is 13.0. The molecule has 5 unspecified atom stereocenters. The number of fused-ring (bicyclic) bond motifs is 2. The smallest absolute Gasteiger partial charge is 0.352 e. The summed E-state index contributed by atoms with van der Waals surface area (Å²) in [5.41, 5.74) is -0.701. The van der Waals surface area contributed by atoms with Gasteiger partial charge in [0.15, 0.2) is 5.69 Å². The van der Waals surface area contributed by atoms with Crippen LogP contribution in [0.4, 0.5) is 13.2 Å². The molecule has 4 nitrogen and oxygen atoms in total. The number of amides is 1. The van der Waals surface area contributed by atoms with Gasteiger partial charge < -0.3 is 5.32 Å². The molecule has 0 spiro atoms. The Morgan fingerprint density at radius 3 is 2.48 bits per heavy atom. The molecule has 5 atom stereocenters. The van der Waals surface area contributed by atoms with E-state index in [9.17, 15) is 18.0 Å². The van der Waals surface area contributed by atoms with Gasteiger partial charge in [0.25, 0.3) is 0 Å². The Kier molecular flexibility index (Phi) is 4.94. The molecule has 8 heteroatoms. The number of halogens is 4. The van der Waals surface area contributed by atoms with Crippen LogP contribution >= 0.6 is 15.9 Å². The van der Waals surface area contributed by atoms with Gasteiger partial charge in [-0.25, -0.2) is 0 Å². The van der Waals surface area contributed by atoms with Gasteiger partial charge in [-0.1, -0.05) is 6.42 Å². The van der Waals surface area contributed by atoms with E-state index >= 15 is 0 Å². The molecule has 3 rings (SSSR count). The van der Waals surface area contributed by atoms with Crippen LogP contribution in [-0.4, -0.2) is 21.7 Å². The second kappa shape index (κ2) is 6.59. The van der Waals surface area contributed by atoms with E-state index < -0.39 is 17.9 Å². The molecule has 0 saturated heterocycles. The lowest BCUT2D eigenvalue weighted by molar-refractivity contribution is -0.142. The lowest BCUT2D eigenvalue weighted by atomic mass is 9.84. The Bertz CT molecular complexity index is 673. The van der Waals surface area contributed by atoms with Crippen molar-refractivity contribution in [1.29, 1.82) is 0 Å². The van der Waals surface area contributed by atoms with Gasteiger partial charge in [-0.15, -0.1) is 0 Å². The Morgan fingerprint density at radius 1 is 1.32 bits per heavy atom. The first-order valence-corrected chi connectivity index (χ1v) is 9.51. The zero-order chi connectivity index (χ0) is 18.5. The van der Waals surface area contributed by atoms with E-state index in [1.807, 2.05) is 6.92 Å². The van der Waals surface area contributed by atoms with Crippen LogP contribution in [-0.2, 0) is 11.0 Å². The van der Waals surface area contributed by atoms with Crippen LogP contribution < -0.4 is 5.32 Å². The van der Waals surface area contributed by atoms with Crippen LogP contribution in [0.15, 0.2) is 4.47 Å². The molecule has 2 aliphatic carbocycles. The molecule has 2 bridgehead atoms. The molecule has 1 aromatic rings. The summed E-state index contributed by atoms with van der Waals surface area (Å²) >= 11 is 2.95. The van der Waals surface area contributed by atoms with E-state index in [0.717, 1.165) is 17.0 Å². The summed E-state index contributed by atoms with van der Waals surface area (Å²) in [4.78, 5) is 12.6. The topological polar surface area (TPSA) is 46.9 Å². The third-order valence-electron chi connectivity index (χ3n) is 5.90. The minimum absolute atomic E-state index is 0.0339. The minimum atomic E-state index is -4.55. The summed E-state index contributed by atoms with van der Waals surface area (Å²) in [6.07, 6.45) is 0.358. The van der Waals surface area contributed by atoms with Crippen LogP contribution in [0, 0.1) is 24.7 Å². The number of alkyl halides is 3. The number of rotatable bonds is 4. The number of aromatic nitrogens is 2. The monoisotopic (exact) mass is 421 g/mol. The van der Waals surface area contributed by atoms with Gasteiger partial charge in [0.1, 0.15) is 6.04 Å². The summed E-state index contributed by atoms with van der Waals surface area (Å²) < 4.78 is 40.0. The highest BCUT2D eigenvalue weighted by Gasteiger charge is 2.43. The average Bonchev–Trinajstić information content (AvgIpc) is 3.22. The molecule has 0 radical (unpaired) electrons. The first kappa shape index (κ1) is 18.7. The second-order valence-corrected chi connectivity index (χ2v) is 8.30. The highest BCUT2D eigenvalue weighted by atomic mass is 79.9. The predicted molar refractivity (Wildman–Crippen MR) is 90.9 cm³/mol. The van der Waals surface area contributed by atoms with Crippen molar-refractivity contribution < 1.29 is 18.0 Å². The quantitative estimate of drug-likeness (QED) is 0.778. The maximum Gasteiger partial charge on any atom is 0.436 e. The number of hydrogen-bond donors (Lipinski definition) is 1. The van der Waals surface area contributed by atoms with E-state index in [0.29, 0.717) is 17.5 Å². The molecular weight excluding hydrogens is 399 g/mol. The van der Waals surface area contributed by atoms with Gasteiger partial charge in [-0.05, 0) is 73.7 Å². The van der Waals surface area contributed by atoms with E-state index in [1.165, 1.54) is 26.2 Å². The van der Waals surface area contributed by atoms with Crippen molar-refractivity contribution in [1.82, 2.24) is 15.1 Å². The Balaban J connectivity index is 1.70. The second-order valence-electron chi connectivity index (χ2n) is 7.50. The molecule has 140 valence electrons. The lowest BCUT2D eigenvalue weighted by Gasteiger charge is -2.29. The van der Waals surface area contributed by atoms with Gasteiger partial charge in [-0.3, -0.25) is 9.48 Å². The van der Waals surface area contributed by atoms with E-state index in [-0.39, 0.29) is 16.4 Å². The Labute approximate surface area is 153 Å². The van der Waals surface area contributed by atoms with Gasteiger partial charge in [-0.2, -0.15) is 18.3 Å². The number of hydrogen-bond acceptors (Lipinski definition) is 2. The van der Waals surface area contributed by atoms with Crippen LogP contribution in [0.1, 0.15) is 57.0 Å². The zero-order valence-corrected chi connectivity index (χ0v) is 16.1. The van der Waals surface area contributed by atoms with Crippen LogP contribution in [0.5, 0.6) is 0 Å². The van der Waals surface area contributed by atoms with Gasteiger partial charge >= 0.3 is 6.18 Å². The Hall–Kier alpha value is -1.05. The van der Waals surface area contributed by atoms with Gasteiger partial charge in [0, 0.05) is 6.04 Å². The lowest BCUT2D eigenvalue weighted by Crippen LogP contribution is -2.43. The number of carbonyl (C=O) groups excluding carboxylic acids is 1. The standard InChI is InChI=1S/C17H23BrF3N3O/c1-8(13-7-11-4-5-12(13)6-11)22-16(25)10(3)24-9(2)14(18)15(23-24)17(19,20)21/h8,10-13H,4-7H2,1-3H3,(H,22,25). The number of carbonyl (C=O) groups is 1. The number of nitrogens with one attached hydrogen (secondary N) is 1. The van der Waals surface area contributed by atoms with Crippen molar-refractivity contribution in [2.24, 2.45) is 17.8 Å². The summed E-state index contributed by atoms with van der Waals surface area (Å²) in [6.45, 7) is 5.11. The fraction of sp³-hybridized carbons (Fsp3) is 0.765. The molecule has 2 aliphatic rings. The van der Waals surface area contributed by atoms with Crippen molar-refractivity contribution in [2.75, 3.05) is 0 Å². The maximum absolute atomic E-state index is 13.0. The van der Waals surface area contributed by atoms with Gasteiger partial charge in [0.05, 0.1) is 10.2 Å². The van der Waals surface area contributed by atoms with Crippen molar-refractivity contribution >= 4 is 21.8 Å². The molecular formula is C17H23BrF3N3O.